The summed E-state index contributed by atoms with van der Waals surface area (Å²) in [4.78, 5) is 10.3. The van der Waals surface area contributed by atoms with Crippen molar-refractivity contribution >= 4 is 5.69 Å². The van der Waals surface area contributed by atoms with Crippen molar-refractivity contribution in [2.45, 2.75) is 25.4 Å². The van der Waals surface area contributed by atoms with Gasteiger partial charge in [0.25, 0.3) is 5.69 Å². The Morgan fingerprint density at radius 1 is 1.53 bits per heavy atom. The molecule has 1 fully saturated rings. The summed E-state index contributed by atoms with van der Waals surface area (Å²) in [6.07, 6.45) is 2.36. The van der Waals surface area contributed by atoms with Crippen LogP contribution < -0.4 is 10.6 Å². The van der Waals surface area contributed by atoms with E-state index in [9.17, 15) is 10.1 Å². The molecule has 0 amide bonds. The predicted octanol–water partition coefficient (Wildman–Crippen LogP) is 1.44. The summed E-state index contributed by atoms with van der Waals surface area (Å²) in [5, 5.41) is 17.4. The summed E-state index contributed by atoms with van der Waals surface area (Å²) >= 11 is 0. The van der Waals surface area contributed by atoms with Crippen molar-refractivity contribution in [3.8, 4) is 0 Å². The zero-order valence-electron chi connectivity index (χ0n) is 9.69. The number of nitrogens with one attached hydrogen (secondary N) is 2. The van der Waals surface area contributed by atoms with Crippen molar-refractivity contribution in [2.24, 2.45) is 0 Å². The average molecular weight is 235 g/mol. The highest BCUT2D eigenvalue weighted by Gasteiger charge is 2.12. The van der Waals surface area contributed by atoms with Crippen LogP contribution in [0, 0.1) is 10.1 Å². The van der Waals surface area contributed by atoms with Gasteiger partial charge >= 0.3 is 0 Å². The lowest BCUT2D eigenvalue weighted by molar-refractivity contribution is -0.384. The van der Waals surface area contributed by atoms with Crippen molar-refractivity contribution in [2.75, 3.05) is 13.1 Å². The maximum Gasteiger partial charge on any atom is 0.269 e. The Bertz CT molecular complexity index is 389. The molecule has 92 valence electrons. The quantitative estimate of drug-likeness (QED) is 0.612. The zero-order chi connectivity index (χ0) is 12.1. The third kappa shape index (κ3) is 3.51. The number of nitro benzene ring substituents is 1. The number of hydrogen-bond donors (Lipinski definition) is 2. The molecular formula is C12H17N3O2. The molecule has 5 heteroatoms. The topological polar surface area (TPSA) is 67.2 Å². The molecule has 1 aliphatic rings. The fraction of sp³-hybridized carbons (Fsp3) is 0.500. The van der Waals surface area contributed by atoms with Gasteiger partial charge in [0, 0.05) is 31.3 Å². The van der Waals surface area contributed by atoms with Gasteiger partial charge in [-0.3, -0.25) is 10.1 Å². The molecule has 2 N–H and O–H groups in total. The molecule has 0 aromatic heterocycles. The number of hydrogen-bond acceptors (Lipinski definition) is 4. The van der Waals surface area contributed by atoms with Crippen molar-refractivity contribution in [3.05, 3.63) is 39.9 Å². The van der Waals surface area contributed by atoms with Crippen LogP contribution in [0.5, 0.6) is 0 Å². The van der Waals surface area contributed by atoms with E-state index in [2.05, 4.69) is 10.6 Å². The second kappa shape index (κ2) is 5.75. The third-order valence-electron chi connectivity index (χ3n) is 3.01. The number of rotatable bonds is 4. The Labute approximate surface area is 100 Å². The van der Waals surface area contributed by atoms with Crippen LogP contribution in [0.1, 0.15) is 18.4 Å². The minimum atomic E-state index is -0.355. The lowest BCUT2D eigenvalue weighted by Gasteiger charge is -2.23. The monoisotopic (exact) mass is 235 g/mol. The van der Waals surface area contributed by atoms with E-state index in [1.165, 1.54) is 18.9 Å². The summed E-state index contributed by atoms with van der Waals surface area (Å²) in [6, 6.07) is 7.27. The highest BCUT2D eigenvalue weighted by Crippen LogP contribution is 2.13. The first-order valence-electron chi connectivity index (χ1n) is 5.93. The van der Waals surface area contributed by atoms with Crippen LogP contribution >= 0.6 is 0 Å². The zero-order valence-corrected chi connectivity index (χ0v) is 9.69. The predicted molar refractivity (Wildman–Crippen MR) is 65.8 cm³/mol. The molecule has 5 nitrogen and oxygen atoms in total. The van der Waals surface area contributed by atoms with Crippen LogP contribution in [-0.4, -0.2) is 24.1 Å². The van der Waals surface area contributed by atoms with E-state index in [-0.39, 0.29) is 10.6 Å². The van der Waals surface area contributed by atoms with Gasteiger partial charge in [0.2, 0.25) is 0 Å². The Kier molecular flexibility index (Phi) is 4.06. The molecule has 2 rings (SSSR count). The fourth-order valence-electron chi connectivity index (χ4n) is 2.07. The second-order valence-electron chi connectivity index (χ2n) is 4.35. The van der Waals surface area contributed by atoms with Gasteiger partial charge in [-0.1, -0.05) is 12.1 Å². The molecule has 1 aromatic rings. The maximum absolute atomic E-state index is 10.6. The Hall–Kier alpha value is -1.46. The van der Waals surface area contributed by atoms with Crippen LogP contribution in [0.4, 0.5) is 5.69 Å². The summed E-state index contributed by atoms with van der Waals surface area (Å²) < 4.78 is 0. The van der Waals surface area contributed by atoms with Crippen molar-refractivity contribution in [3.63, 3.8) is 0 Å². The van der Waals surface area contributed by atoms with Crippen LogP contribution in [0.25, 0.3) is 0 Å². The SMILES string of the molecule is O=[N+]([O-])c1cccc(CNC2CCCNC2)c1. The van der Waals surface area contributed by atoms with E-state index in [0.717, 1.165) is 18.7 Å². The molecule has 1 aromatic carbocycles. The summed E-state index contributed by atoms with van der Waals surface area (Å²) in [5.41, 5.74) is 1.12. The maximum atomic E-state index is 10.6. The van der Waals surface area contributed by atoms with Crippen LogP contribution in [-0.2, 0) is 6.54 Å². The molecule has 1 unspecified atom stereocenters. The van der Waals surface area contributed by atoms with Crippen molar-refractivity contribution in [1.29, 1.82) is 0 Å². The van der Waals surface area contributed by atoms with E-state index in [4.69, 9.17) is 0 Å². The molecule has 0 radical (unpaired) electrons. The van der Waals surface area contributed by atoms with Gasteiger partial charge in [-0.15, -0.1) is 0 Å². The van der Waals surface area contributed by atoms with E-state index in [1.807, 2.05) is 6.07 Å². The lowest BCUT2D eigenvalue weighted by atomic mass is 10.1. The third-order valence-corrected chi connectivity index (χ3v) is 3.01. The molecule has 1 saturated heterocycles. The Balaban J connectivity index is 1.89. The number of piperidine rings is 1. The number of non-ortho nitro benzene ring substituents is 1. The van der Waals surface area contributed by atoms with Gasteiger partial charge in [-0.25, -0.2) is 0 Å². The number of nitro groups is 1. The molecule has 1 atom stereocenters. The van der Waals surface area contributed by atoms with Crippen molar-refractivity contribution < 1.29 is 4.92 Å². The highest BCUT2D eigenvalue weighted by atomic mass is 16.6. The van der Waals surface area contributed by atoms with Crippen LogP contribution in [0.2, 0.25) is 0 Å². The minimum Gasteiger partial charge on any atom is -0.315 e. The first-order valence-corrected chi connectivity index (χ1v) is 5.93. The van der Waals surface area contributed by atoms with E-state index < -0.39 is 0 Å². The van der Waals surface area contributed by atoms with E-state index >= 15 is 0 Å². The van der Waals surface area contributed by atoms with Gasteiger partial charge in [-0.2, -0.15) is 0 Å². The Morgan fingerprint density at radius 2 is 2.41 bits per heavy atom. The lowest BCUT2D eigenvalue weighted by Crippen LogP contribution is -2.42. The molecule has 1 aliphatic heterocycles. The summed E-state index contributed by atoms with van der Waals surface area (Å²) in [5.74, 6) is 0. The smallest absolute Gasteiger partial charge is 0.269 e. The molecule has 17 heavy (non-hydrogen) atoms. The molecule has 0 bridgehead atoms. The number of nitrogens with zero attached hydrogens (tertiary/aromatic N) is 1. The van der Waals surface area contributed by atoms with Gasteiger partial charge in [0.05, 0.1) is 4.92 Å². The molecule has 0 spiro atoms. The standard InChI is InChI=1S/C12H17N3O2/c16-15(17)12-5-1-3-10(7-12)8-14-11-4-2-6-13-9-11/h1,3,5,7,11,13-14H,2,4,6,8-9H2. The molecule has 0 saturated carbocycles. The first-order chi connectivity index (χ1) is 8.25. The van der Waals surface area contributed by atoms with Crippen LogP contribution in [0.15, 0.2) is 24.3 Å². The van der Waals surface area contributed by atoms with Gasteiger partial charge in [0.1, 0.15) is 0 Å². The first kappa shape index (κ1) is 12.0. The van der Waals surface area contributed by atoms with E-state index in [1.54, 1.807) is 12.1 Å². The van der Waals surface area contributed by atoms with Crippen LogP contribution in [0.3, 0.4) is 0 Å². The summed E-state index contributed by atoms with van der Waals surface area (Å²) in [7, 11) is 0. The summed E-state index contributed by atoms with van der Waals surface area (Å²) in [6.45, 7) is 2.76. The average Bonchev–Trinajstić information content (AvgIpc) is 2.38. The van der Waals surface area contributed by atoms with Gasteiger partial charge in [-0.05, 0) is 24.9 Å². The van der Waals surface area contributed by atoms with E-state index in [0.29, 0.717) is 12.6 Å². The molecule has 0 aliphatic carbocycles. The second-order valence-corrected chi connectivity index (χ2v) is 4.35. The normalized spacial score (nSPS) is 20.1. The number of benzene rings is 1. The van der Waals surface area contributed by atoms with Gasteiger partial charge in [0.15, 0.2) is 0 Å². The van der Waals surface area contributed by atoms with Gasteiger partial charge < -0.3 is 10.6 Å². The molecule has 1 heterocycles. The fourth-order valence-corrected chi connectivity index (χ4v) is 2.07. The molecular weight excluding hydrogens is 218 g/mol. The minimum absolute atomic E-state index is 0.158. The largest absolute Gasteiger partial charge is 0.315 e. The van der Waals surface area contributed by atoms with Crippen molar-refractivity contribution in [1.82, 2.24) is 10.6 Å². The highest BCUT2D eigenvalue weighted by molar-refractivity contribution is 5.34. The Morgan fingerprint density at radius 3 is 3.12 bits per heavy atom.